The van der Waals surface area contributed by atoms with Crippen molar-refractivity contribution >= 4 is 39.9 Å². The van der Waals surface area contributed by atoms with Crippen molar-refractivity contribution in [3.8, 4) is 6.07 Å². The van der Waals surface area contributed by atoms with Gasteiger partial charge in [-0.3, -0.25) is 14.8 Å². The number of fused-ring (bicyclic) bond motifs is 1. The van der Waals surface area contributed by atoms with Crippen molar-refractivity contribution in [1.29, 1.82) is 5.26 Å². The first-order valence-corrected chi connectivity index (χ1v) is 12.1. The summed E-state index contributed by atoms with van der Waals surface area (Å²) < 4.78 is 0. The third-order valence-electron chi connectivity index (χ3n) is 6.38. The minimum Gasteiger partial charge on any atom is -0.366 e. The van der Waals surface area contributed by atoms with Gasteiger partial charge in [0.2, 0.25) is 0 Å². The van der Waals surface area contributed by atoms with Gasteiger partial charge in [0.05, 0.1) is 33.4 Å². The second-order valence-electron chi connectivity index (χ2n) is 8.64. The molecular weight excluding hydrogens is 474 g/mol. The lowest BCUT2D eigenvalue weighted by molar-refractivity contribution is 0.0746. The zero-order valence-electron chi connectivity index (χ0n) is 19.7. The topological polar surface area (TPSA) is 98.0 Å². The van der Waals surface area contributed by atoms with E-state index in [0.29, 0.717) is 48.1 Å². The molecule has 1 aliphatic heterocycles. The average Bonchev–Trinajstić information content (AvgIpc) is 2.93. The molecule has 4 aromatic rings. The van der Waals surface area contributed by atoms with Gasteiger partial charge in [-0.15, -0.1) is 0 Å². The largest absolute Gasteiger partial charge is 0.366 e. The van der Waals surface area contributed by atoms with Crippen molar-refractivity contribution in [2.45, 2.75) is 13.0 Å². The Balaban J connectivity index is 1.28. The van der Waals surface area contributed by atoms with Crippen molar-refractivity contribution < 1.29 is 4.79 Å². The van der Waals surface area contributed by atoms with Crippen LogP contribution in [-0.2, 0) is 0 Å². The number of para-hydroxylation sites is 1. The Morgan fingerprint density at radius 1 is 1.08 bits per heavy atom. The standard InChI is InChI=1S/C27H24ClN7O/c1-18(19-5-4-8-30-15-19)33-26-23(28)13-20(16-32-26)27(36)35-11-9-34(10-12-35)25-21(14-29)17-31-24-7-3-2-6-22(24)25/h2-8,13,15-18H,9-12H2,1H3,(H,32,33). The molecule has 0 saturated carbocycles. The average molecular weight is 498 g/mol. The molecule has 0 spiro atoms. The summed E-state index contributed by atoms with van der Waals surface area (Å²) in [6.45, 7) is 4.26. The van der Waals surface area contributed by atoms with E-state index in [9.17, 15) is 10.1 Å². The predicted octanol–water partition coefficient (Wildman–Crippen LogP) is 4.69. The minimum absolute atomic E-state index is 0.0408. The molecule has 1 amide bonds. The third kappa shape index (κ3) is 4.66. The fourth-order valence-corrected chi connectivity index (χ4v) is 4.67. The van der Waals surface area contributed by atoms with Crippen molar-refractivity contribution in [3.05, 3.63) is 89.0 Å². The Bertz CT molecular complexity index is 1450. The lowest BCUT2D eigenvalue weighted by atomic mass is 10.1. The molecule has 9 heteroatoms. The molecule has 3 aromatic heterocycles. The van der Waals surface area contributed by atoms with Gasteiger partial charge in [0.25, 0.3) is 5.91 Å². The summed E-state index contributed by atoms with van der Waals surface area (Å²) in [7, 11) is 0. The van der Waals surface area contributed by atoms with Crippen LogP contribution in [-0.4, -0.2) is 51.9 Å². The summed E-state index contributed by atoms with van der Waals surface area (Å²) in [6.07, 6.45) is 6.69. The first-order valence-electron chi connectivity index (χ1n) is 11.7. The molecule has 1 aromatic carbocycles. The highest BCUT2D eigenvalue weighted by molar-refractivity contribution is 6.33. The number of carbonyl (C=O) groups is 1. The van der Waals surface area contributed by atoms with Crippen LogP contribution in [0.15, 0.2) is 67.3 Å². The molecule has 4 heterocycles. The molecule has 36 heavy (non-hydrogen) atoms. The molecular formula is C27H24ClN7O. The quantitative estimate of drug-likeness (QED) is 0.427. The number of nitrogens with zero attached hydrogens (tertiary/aromatic N) is 6. The SMILES string of the molecule is CC(Nc1ncc(C(=O)N2CCN(c3c(C#N)cnc4ccccc34)CC2)cc1Cl)c1cccnc1. The molecule has 1 N–H and O–H groups in total. The second-order valence-corrected chi connectivity index (χ2v) is 9.04. The maximum Gasteiger partial charge on any atom is 0.255 e. The summed E-state index contributed by atoms with van der Waals surface area (Å²) >= 11 is 6.48. The van der Waals surface area contributed by atoms with Crippen molar-refractivity contribution in [1.82, 2.24) is 19.9 Å². The van der Waals surface area contributed by atoms with E-state index in [0.717, 1.165) is 22.2 Å². The lowest BCUT2D eigenvalue weighted by Crippen LogP contribution is -2.49. The first-order chi connectivity index (χ1) is 17.5. The molecule has 1 unspecified atom stereocenters. The first kappa shape index (κ1) is 23.5. The van der Waals surface area contributed by atoms with E-state index in [2.05, 4.69) is 31.2 Å². The Labute approximate surface area is 214 Å². The molecule has 0 aliphatic carbocycles. The van der Waals surface area contributed by atoms with Crippen LogP contribution < -0.4 is 10.2 Å². The Kier molecular flexibility index (Phi) is 6.65. The summed E-state index contributed by atoms with van der Waals surface area (Å²) in [5.41, 5.74) is 3.71. The molecule has 1 atom stereocenters. The van der Waals surface area contributed by atoms with Crippen LogP contribution in [0.2, 0.25) is 5.02 Å². The number of anilines is 2. The van der Waals surface area contributed by atoms with Crippen molar-refractivity contribution in [3.63, 3.8) is 0 Å². The maximum absolute atomic E-state index is 13.2. The highest BCUT2D eigenvalue weighted by Crippen LogP contribution is 2.30. The summed E-state index contributed by atoms with van der Waals surface area (Å²) in [4.78, 5) is 30.1. The number of carbonyl (C=O) groups excluding carboxylic acids is 1. The number of pyridine rings is 3. The van der Waals surface area contributed by atoms with E-state index in [4.69, 9.17) is 11.6 Å². The van der Waals surface area contributed by atoms with Crippen LogP contribution in [0.25, 0.3) is 10.9 Å². The number of amides is 1. The molecule has 8 nitrogen and oxygen atoms in total. The fraction of sp³-hybridized carbons (Fsp3) is 0.222. The van der Waals surface area contributed by atoms with E-state index in [1.54, 1.807) is 35.8 Å². The van der Waals surface area contributed by atoms with E-state index in [1.807, 2.05) is 43.3 Å². The Morgan fingerprint density at radius 3 is 2.61 bits per heavy atom. The van der Waals surface area contributed by atoms with E-state index in [1.165, 1.54) is 0 Å². The second kappa shape index (κ2) is 10.2. The highest BCUT2D eigenvalue weighted by atomic mass is 35.5. The van der Waals surface area contributed by atoms with Gasteiger partial charge in [0.15, 0.2) is 0 Å². The molecule has 1 saturated heterocycles. The zero-order chi connectivity index (χ0) is 25.1. The van der Waals surface area contributed by atoms with E-state index < -0.39 is 0 Å². The van der Waals surface area contributed by atoms with Gasteiger partial charge in [-0.05, 0) is 30.7 Å². The lowest BCUT2D eigenvalue weighted by Gasteiger charge is -2.37. The van der Waals surface area contributed by atoms with Crippen LogP contribution in [0.3, 0.4) is 0 Å². The molecule has 5 rings (SSSR count). The predicted molar refractivity (Wildman–Crippen MR) is 140 cm³/mol. The normalized spacial score (nSPS) is 14.4. The Hall–Kier alpha value is -4.22. The van der Waals surface area contributed by atoms with Crippen LogP contribution in [0.5, 0.6) is 0 Å². The van der Waals surface area contributed by atoms with Gasteiger partial charge in [-0.25, -0.2) is 4.98 Å². The van der Waals surface area contributed by atoms with Gasteiger partial charge in [-0.2, -0.15) is 5.26 Å². The van der Waals surface area contributed by atoms with Crippen molar-refractivity contribution in [2.75, 3.05) is 36.4 Å². The number of nitriles is 1. The van der Waals surface area contributed by atoms with Gasteiger partial charge in [0.1, 0.15) is 11.9 Å². The number of nitrogens with one attached hydrogen (secondary N) is 1. The molecule has 1 fully saturated rings. The van der Waals surface area contributed by atoms with Gasteiger partial charge < -0.3 is 15.1 Å². The summed E-state index contributed by atoms with van der Waals surface area (Å²) in [5, 5.41) is 14.3. The van der Waals surface area contributed by atoms with E-state index in [-0.39, 0.29) is 11.9 Å². The maximum atomic E-state index is 13.2. The van der Waals surface area contributed by atoms with E-state index >= 15 is 0 Å². The molecule has 0 bridgehead atoms. The molecule has 0 radical (unpaired) electrons. The monoisotopic (exact) mass is 497 g/mol. The number of rotatable bonds is 5. The van der Waals surface area contributed by atoms with Crippen LogP contribution in [0.1, 0.15) is 34.5 Å². The highest BCUT2D eigenvalue weighted by Gasteiger charge is 2.25. The number of piperazine rings is 1. The number of halogens is 1. The Morgan fingerprint density at radius 2 is 1.89 bits per heavy atom. The van der Waals surface area contributed by atoms with Gasteiger partial charge >= 0.3 is 0 Å². The van der Waals surface area contributed by atoms with Gasteiger partial charge in [-0.1, -0.05) is 35.9 Å². The van der Waals surface area contributed by atoms with Crippen molar-refractivity contribution in [2.24, 2.45) is 0 Å². The molecule has 1 aliphatic rings. The summed E-state index contributed by atoms with van der Waals surface area (Å²) in [5.74, 6) is 0.402. The summed E-state index contributed by atoms with van der Waals surface area (Å²) in [6, 6.07) is 15.5. The molecule has 180 valence electrons. The minimum atomic E-state index is -0.115. The third-order valence-corrected chi connectivity index (χ3v) is 6.66. The zero-order valence-corrected chi connectivity index (χ0v) is 20.5. The number of benzene rings is 1. The van der Waals surface area contributed by atoms with Crippen LogP contribution >= 0.6 is 11.6 Å². The van der Waals surface area contributed by atoms with Crippen LogP contribution in [0.4, 0.5) is 11.5 Å². The van der Waals surface area contributed by atoms with Crippen LogP contribution in [0, 0.1) is 11.3 Å². The number of hydrogen-bond donors (Lipinski definition) is 1. The smallest absolute Gasteiger partial charge is 0.255 e. The van der Waals surface area contributed by atoms with Gasteiger partial charge in [0, 0.05) is 56.4 Å². The number of aromatic nitrogens is 3. The fourth-order valence-electron chi connectivity index (χ4n) is 4.45. The number of hydrogen-bond acceptors (Lipinski definition) is 7.